The summed E-state index contributed by atoms with van der Waals surface area (Å²) in [6.07, 6.45) is 0. The average Bonchev–Trinajstić information content (AvgIpc) is 2.54. The first-order chi connectivity index (χ1) is 11.0. The Morgan fingerprint density at radius 1 is 0.913 bits per heavy atom. The van der Waals surface area contributed by atoms with Crippen LogP contribution in [0.15, 0.2) is 60.7 Å². The molecular formula is C18H13ClN2O2. The zero-order valence-electron chi connectivity index (χ0n) is 12.0. The number of hydrogen-bond donors (Lipinski definition) is 2. The van der Waals surface area contributed by atoms with Crippen LogP contribution in [-0.2, 0) is 0 Å². The Morgan fingerprint density at radius 3 is 2.22 bits per heavy atom. The lowest BCUT2D eigenvalue weighted by atomic mass is 10.1. The van der Waals surface area contributed by atoms with Crippen molar-refractivity contribution in [3.05, 3.63) is 76.8 Å². The lowest BCUT2D eigenvalue weighted by molar-refractivity contribution is 0.0735. The maximum Gasteiger partial charge on any atom is 0.343 e. The molecule has 0 heterocycles. The Morgan fingerprint density at radius 2 is 1.52 bits per heavy atom. The van der Waals surface area contributed by atoms with Gasteiger partial charge < -0.3 is 10.5 Å². The molecule has 0 aliphatic rings. The summed E-state index contributed by atoms with van der Waals surface area (Å²) in [5.41, 5.74) is 6.57. The summed E-state index contributed by atoms with van der Waals surface area (Å²) in [6, 6.07) is 17.2. The normalized spacial score (nSPS) is 10.5. The molecule has 0 saturated carbocycles. The first-order valence-corrected chi connectivity index (χ1v) is 7.27. The summed E-state index contributed by atoms with van der Waals surface area (Å²) in [5, 5.41) is 9.84. The van der Waals surface area contributed by atoms with E-state index in [1.807, 2.05) is 18.2 Å². The van der Waals surface area contributed by atoms with Crippen molar-refractivity contribution in [1.29, 1.82) is 5.41 Å². The van der Waals surface area contributed by atoms with Gasteiger partial charge in [0, 0.05) is 10.6 Å². The van der Waals surface area contributed by atoms with Crippen molar-refractivity contribution in [3.8, 4) is 5.75 Å². The van der Waals surface area contributed by atoms with Crippen LogP contribution in [0.4, 0.5) is 0 Å². The zero-order valence-corrected chi connectivity index (χ0v) is 12.8. The van der Waals surface area contributed by atoms with Gasteiger partial charge in [-0.3, -0.25) is 5.41 Å². The molecule has 0 aromatic heterocycles. The van der Waals surface area contributed by atoms with Gasteiger partial charge in [0.25, 0.3) is 0 Å². The van der Waals surface area contributed by atoms with Crippen LogP contribution in [0.3, 0.4) is 0 Å². The number of fused-ring (bicyclic) bond motifs is 1. The van der Waals surface area contributed by atoms with E-state index in [1.54, 1.807) is 42.5 Å². The van der Waals surface area contributed by atoms with E-state index >= 15 is 0 Å². The molecule has 0 atom stereocenters. The van der Waals surface area contributed by atoms with Gasteiger partial charge in [-0.05, 0) is 53.2 Å². The molecule has 0 aliphatic carbocycles. The van der Waals surface area contributed by atoms with Gasteiger partial charge >= 0.3 is 5.97 Å². The number of carbonyl (C=O) groups is 1. The molecule has 0 spiro atoms. The van der Waals surface area contributed by atoms with E-state index < -0.39 is 5.97 Å². The molecule has 0 bridgehead atoms. The molecule has 23 heavy (non-hydrogen) atoms. The largest absolute Gasteiger partial charge is 0.423 e. The fourth-order valence-corrected chi connectivity index (χ4v) is 2.33. The third-order valence-corrected chi connectivity index (χ3v) is 3.67. The highest BCUT2D eigenvalue weighted by Crippen LogP contribution is 2.23. The van der Waals surface area contributed by atoms with Gasteiger partial charge in [0.15, 0.2) is 0 Å². The van der Waals surface area contributed by atoms with Crippen LogP contribution < -0.4 is 10.5 Å². The molecule has 3 aromatic rings. The number of carbonyl (C=O) groups excluding carboxylic acids is 1. The van der Waals surface area contributed by atoms with Crippen LogP contribution in [-0.4, -0.2) is 11.8 Å². The Labute approximate surface area is 138 Å². The van der Waals surface area contributed by atoms with Crippen molar-refractivity contribution >= 4 is 34.2 Å². The standard InChI is InChI=1S/C18H13ClN2O2/c19-15-6-3-11(4-7-15)18(22)23-16-8-5-12-9-14(17(20)21)2-1-13(12)10-16/h1-10H,(H3,20,21). The highest BCUT2D eigenvalue weighted by molar-refractivity contribution is 6.30. The molecule has 3 rings (SSSR count). The highest BCUT2D eigenvalue weighted by atomic mass is 35.5. The van der Waals surface area contributed by atoms with Gasteiger partial charge in [-0.15, -0.1) is 0 Å². The van der Waals surface area contributed by atoms with Crippen molar-refractivity contribution < 1.29 is 9.53 Å². The van der Waals surface area contributed by atoms with Crippen LogP contribution in [0.25, 0.3) is 10.8 Å². The lowest BCUT2D eigenvalue weighted by Gasteiger charge is -2.07. The Hall–Kier alpha value is -2.85. The number of nitrogens with one attached hydrogen (secondary N) is 1. The molecule has 0 unspecified atom stereocenters. The Kier molecular flexibility index (Phi) is 4.00. The zero-order chi connectivity index (χ0) is 16.4. The molecule has 0 aliphatic heterocycles. The van der Waals surface area contributed by atoms with Gasteiger partial charge in [-0.25, -0.2) is 4.79 Å². The first-order valence-electron chi connectivity index (χ1n) is 6.89. The van der Waals surface area contributed by atoms with Gasteiger partial charge in [0.1, 0.15) is 11.6 Å². The molecule has 5 heteroatoms. The summed E-state index contributed by atoms with van der Waals surface area (Å²) < 4.78 is 5.38. The summed E-state index contributed by atoms with van der Waals surface area (Å²) in [6.45, 7) is 0. The van der Waals surface area contributed by atoms with Crippen molar-refractivity contribution in [1.82, 2.24) is 0 Å². The molecule has 4 nitrogen and oxygen atoms in total. The summed E-state index contributed by atoms with van der Waals surface area (Å²) in [7, 11) is 0. The molecule has 3 aromatic carbocycles. The predicted molar refractivity (Wildman–Crippen MR) is 91.4 cm³/mol. The third-order valence-electron chi connectivity index (χ3n) is 3.41. The van der Waals surface area contributed by atoms with E-state index in [1.165, 1.54) is 0 Å². The second-order valence-corrected chi connectivity index (χ2v) is 5.47. The quantitative estimate of drug-likeness (QED) is 0.331. The number of halogens is 1. The molecule has 114 valence electrons. The van der Waals surface area contributed by atoms with Crippen molar-refractivity contribution in [2.45, 2.75) is 0 Å². The number of rotatable bonds is 3. The SMILES string of the molecule is N=C(N)c1ccc2cc(OC(=O)c3ccc(Cl)cc3)ccc2c1. The number of amidine groups is 1. The summed E-state index contributed by atoms with van der Waals surface area (Å²) >= 11 is 5.80. The minimum absolute atomic E-state index is 0.0187. The fourth-order valence-electron chi connectivity index (χ4n) is 2.21. The number of benzene rings is 3. The predicted octanol–water partition coefficient (Wildman–Crippen LogP) is 4.00. The van der Waals surface area contributed by atoms with E-state index in [4.69, 9.17) is 27.5 Å². The average molecular weight is 325 g/mol. The third kappa shape index (κ3) is 3.33. The molecule has 0 fully saturated rings. The first kappa shape index (κ1) is 15.1. The minimum Gasteiger partial charge on any atom is -0.423 e. The van der Waals surface area contributed by atoms with Crippen molar-refractivity contribution in [2.75, 3.05) is 0 Å². The highest BCUT2D eigenvalue weighted by Gasteiger charge is 2.09. The Balaban J connectivity index is 1.86. The van der Waals surface area contributed by atoms with E-state index in [0.717, 1.165) is 10.8 Å². The molecule has 3 N–H and O–H groups in total. The van der Waals surface area contributed by atoms with E-state index in [-0.39, 0.29) is 5.84 Å². The summed E-state index contributed by atoms with van der Waals surface area (Å²) in [4.78, 5) is 12.1. The van der Waals surface area contributed by atoms with E-state index in [2.05, 4.69) is 0 Å². The Bertz CT molecular complexity index is 905. The number of ether oxygens (including phenoxy) is 1. The number of hydrogen-bond acceptors (Lipinski definition) is 3. The number of nitrogens with two attached hydrogens (primary N) is 1. The smallest absolute Gasteiger partial charge is 0.343 e. The number of esters is 1. The molecular weight excluding hydrogens is 312 g/mol. The van der Waals surface area contributed by atoms with E-state index in [0.29, 0.717) is 21.9 Å². The minimum atomic E-state index is -0.443. The number of nitrogen functional groups attached to an aromatic ring is 1. The topological polar surface area (TPSA) is 76.2 Å². The van der Waals surface area contributed by atoms with Gasteiger partial charge in [0.05, 0.1) is 5.56 Å². The maximum absolute atomic E-state index is 12.1. The molecule has 0 amide bonds. The van der Waals surface area contributed by atoms with Crippen LogP contribution in [0.1, 0.15) is 15.9 Å². The second-order valence-electron chi connectivity index (χ2n) is 5.03. The van der Waals surface area contributed by atoms with Gasteiger partial charge in [-0.1, -0.05) is 29.8 Å². The lowest BCUT2D eigenvalue weighted by Crippen LogP contribution is -2.10. The van der Waals surface area contributed by atoms with Crippen molar-refractivity contribution in [2.24, 2.45) is 5.73 Å². The van der Waals surface area contributed by atoms with Gasteiger partial charge in [-0.2, -0.15) is 0 Å². The van der Waals surface area contributed by atoms with E-state index in [9.17, 15) is 4.79 Å². The van der Waals surface area contributed by atoms with Crippen molar-refractivity contribution in [3.63, 3.8) is 0 Å². The second kappa shape index (κ2) is 6.10. The molecule has 0 radical (unpaired) electrons. The van der Waals surface area contributed by atoms with Gasteiger partial charge in [0.2, 0.25) is 0 Å². The van der Waals surface area contributed by atoms with Crippen LogP contribution in [0, 0.1) is 5.41 Å². The fraction of sp³-hybridized carbons (Fsp3) is 0. The van der Waals surface area contributed by atoms with Crippen LogP contribution in [0.2, 0.25) is 5.02 Å². The monoisotopic (exact) mass is 324 g/mol. The summed E-state index contributed by atoms with van der Waals surface area (Å²) in [5.74, 6) is 0.0274. The molecule has 0 saturated heterocycles. The van der Waals surface area contributed by atoms with Crippen LogP contribution >= 0.6 is 11.6 Å². The van der Waals surface area contributed by atoms with Crippen LogP contribution in [0.5, 0.6) is 5.75 Å². The maximum atomic E-state index is 12.1.